The molecule has 3 rings (SSSR count). The molecule has 1 aromatic heterocycles. The predicted octanol–water partition coefficient (Wildman–Crippen LogP) is 0.914. The summed E-state index contributed by atoms with van der Waals surface area (Å²) in [5, 5.41) is 6.14. The molecule has 1 aliphatic rings. The average molecular weight is 333 g/mol. The second-order valence-corrected chi connectivity index (χ2v) is 7.64. The minimum absolute atomic E-state index is 0.00755. The normalized spacial score (nSPS) is 18.7. The Kier molecular flexibility index (Phi) is 4.32. The Balaban J connectivity index is 1.67. The number of amides is 1. The number of fused-ring (bicyclic) bond motifs is 1. The van der Waals surface area contributed by atoms with E-state index < -0.39 is 10.0 Å². The molecule has 0 spiro atoms. The number of carbonyl (C=O) groups excluding carboxylic acids is 1. The second kappa shape index (κ2) is 6.25. The Labute approximate surface area is 135 Å². The minimum atomic E-state index is -3.54. The summed E-state index contributed by atoms with van der Waals surface area (Å²) in [4.78, 5) is 18.2. The van der Waals surface area contributed by atoms with Crippen LogP contribution in [0.3, 0.4) is 0 Å². The number of benzene rings is 1. The van der Waals surface area contributed by atoms with E-state index in [1.165, 1.54) is 0 Å². The second-order valence-electron chi connectivity index (χ2n) is 5.98. The number of likely N-dealkylation sites (tertiary alicyclic amines) is 1. The van der Waals surface area contributed by atoms with E-state index in [0.29, 0.717) is 19.5 Å². The molecular formula is C16H19N3O3S. The summed E-state index contributed by atoms with van der Waals surface area (Å²) in [7, 11) is -3.54. The first-order valence-corrected chi connectivity index (χ1v) is 9.25. The first-order valence-electron chi connectivity index (χ1n) is 7.53. The Morgan fingerprint density at radius 2 is 2.04 bits per heavy atom. The summed E-state index contributed by atoms with van der Waals surface area (Å²) in [6.07, 6.45) is 2.71. The zero-order valence-corrected chi connectivity index (χ0v) is 13.5. The zero-order chi connectivity index (χ0) is 16.4. The van der Waals surface area contributed by atoms with Crippen molar-refractivity contribution in [3.63, 3.8) is 0 Å². The van der Waals surface area contributed by atoms with Gasteiger partial charge in [-0.2, -0.15) is 0 Å². The molecule has 1 fully saturated rings. The number of hydrogen-bond donors (Lipinski definition) is 1. The number of pyridine rings is 1. The van der Waals surface area contributed by atoms with Crippen LogP contribution in [0, 0.1) is 5.92 Å². The van der Waals surface area contributed by atoms with Gasteiger partial charge in [0.05, 0.1) is 11.3 Å². The van der Waals surface area contributed by atoms with Crippen molar-refractivity contribution in [2.45, 2.75) is 12.8 Å². The average Bonchev–Trinajstić information content (AvgIpc) is 2.82. The smallest absolute Gasteiger partial charge is 0.222 e. The first-order chi connectivity index (χ1) is 10.9. The van der Waals surface area contributed by atoms with Crippen molar-refractivity contribution in [2.24, 2.45) is 11.1 Å². The van der Waals surface area contributed by atoms with E-state index in [9.17, 15) is 13.2 Å². The molecule has 0 saturated carbocycles. The van der Waals surface area contributed by atoms with Crippen molar-refractivity contribution in [1.82, 2.24) is 9.88 Å². The van der Waals surface area contributed by atoms with Gasteiger partial charge in [-0.15, -0.1) is 0 Å². The summed E-state index contributed by atoms with van der Waals surface area (Å²) in [6, 6.07) is 9.91. The lowest BCUT2D eigenvalue weighted by Crippen LogP contribution is -2.29. The van der Waals surface area contributed by atoms with Gasteiger partial charge in [-0.3, -0.25) is 9.78 Å². The lowest BCUT2D eigenvalue weighted by Gasteiger charge is -2.17. The topological polar surface area (TPSA) is 93.4 Å². The van der Waals surface area contributed by atoms with E-state index >= 15 is 0 Å². The fourth-order valence-corrected chi connectivity index (χ4v) is 4.02. The zero-order valence-electron chi connectivity index (χ0n) is 12.7. The molecule has 122 valence electrons. The van der Waals surface area contributed by atoms with Gasteiger partial charge < -0.3 is 4.90 Å². The van der Waals surface area contributed by atoms with Crippen LogP contribution < -0.4 is 5.14 Å². The third-order valence-electron chi connectivity index (χ3n) is 4.13. The highest BCUT2D eigenvalue weighted by Gasteiger charge is 2.31. The van der Waals surface area contributed by atoms with E-state index in [-0.39, 0.29) is 24.0 Å². The third-order valence-corrected chi connectivity index (χ3v) is 5.07. The Hall–Kier alpha value is -1.99. The van der Waals surface area contributed by atoms with Gasteiger partial charge in [0.25, 0.3) is 0 Å². The number of aromatic nitrogens is 1. The minimum Gasteiger partial charge on any atom is -0.342 e. The molecule has 1 aromatic carbocycles. The van der Waals surface area contributed by atoms with Crippen molar-refractivity contribution >= 4 is 26.8 Å². The number of para-hydroxylation sites is 1. The fraction of sp³-hybridized carbons (Fsp3) is 0.375. The summed E-state index contributed by atoms with van der Waals surface area (Å²) < 4.78 is 22.3. The number of primary sulfonamides is 1. The van der Waals surface area contributed by atoms with Crippen LogP contribution in [0.15, 0.2) is 36.5 Å². The van der Waals surface area contributed by atoms with Gasteiger partial charge in [-0.05, 0) is 18.1 Å². The SMILES string of the molecule is NS(=O)(=O)CC1CC(=O)N(CCc2cccc3cccnc23)C1. The van der Waals surface area contributed by atoms with E-state index in [4.69, 9.17) is 5.14 Å². The van der Waals surface area contributed by atoms with Crippen molar-refractivity contribution < 1.29 is 13.2 Å². The molecule has 1 saturated heterocycles. The summed E-state index contributed by atoms with van der Waals surface area (Å²) in [5.74, 6) is -0.347. The number of hydrogen-bond acceptors (Lipinski definition) is 4. The number of rotatable bonds is 5. The highest BCUT2D eigenvalue weighted by atomic mass is 32.2. The van der Waals surface area contributed by atoms with E-state index in [1.54, 1.807) is 11.1 Å². The maximum absolute atomic E-state index is 12.0. The number of nitrogens with zero attached hydrogens (tertiary/aromatic N) is 2. The number of carbonyl (C=O) groups is 1. The van der Waals surface area contributed by atoms with Crippen LogP contribution in [0.1, 0.15) is 12.0 Å². The molecular weight excluding hydrogens is 314 g/mol. The van der Waals surface area contributed by atoms with Crippen LogP contribution in [-0.2, 0) is 21.2 Å². The van der Waals surface area contributed by atoms with Crippen LogP contribution >= 0.6 is 0 Å². The molecule has 1 aliphatic heterocycles. The number of nitrogens with two attached hydrogens (primary N) is 1. The largest absolute Gasteiger partial charge is 0.342 e. The van der Waals surface area contributed by atoms with Crippen molar-refractivity contribution in [3.8, 4) is 0 Å². The third kappa shape index (κ3) is 3.86. The Bertz CT molecular complexity index is 830. The molecule has 0 bridgehead atoms. The van der Waals surface area contributed by atoms with Crippen LogP contribution in [0.5, 0.6) is 0 Å². The molecule has 0 aliphatic carbocycles. The summed E-state index contributed by atoms with van der Waals surface area (Å²) in [6.45, 7) is 1.02. The van der Waals surface area contributed by atoms with Crippen molar-refractivity contribution in [2.75, 3.05) is 18.8 Å². The van der Waals surface area contributed by atoms with Gasteiger partial charge in [-0.25, -0.2) is 13.6 Å². The Morgan fingerprint density at radius 1 is 1.26 bits per heavy atom. The highest BCUT2D eigenvalue weighted by Crippen LogP contribution is 2.21. The monoisotopic (exact) mass is 333 g/mol. The molecule has 6 nitrogen and oxygen atoms in total. The standard InChI is InChI=1S/C16H19N3O3S/c17-23(21,22)11-12-9-15(20)19(10-12)8-6-14-4-1-3-13-5-2-7-18-16(13)14/h1-5,7,12H,6,8-11H2,(H2,17,21,22). The van der Waals surface area contributed by atoms with Crippen LogP contribution in [-0.4, -0.2) is 43.1 Å². The van der Waals surface area contributed by atoms with E-state index in [1.807, 2.05) is 30.3 Å². The molecule has 2 N–H and O–H groups in total. The quantitative estimate of drug-likeness (QED) is 0.880. The van der Waals surface area contributed by atoms with Gasteiger partial charge in [0.15, 0.2) is 0 Å². The van der Waals surface area contributed by atoms with Gasteiger partial charge in [-0.1, -0.05) is 24.3 Å². The molecule has 1 amide bonds. The lowest BCUT2D eigenvalue weighted by molar-refractivity contribution is -0.127. The molecule has 0 radical (unpaired) electrons. The fourth-order valence-electron chi connectivity index (χ4n) is 3.13. The molecule has 7 heteroatoms. The summed E-state index contributed by atoms with van der Waals surface area (Å²) >= 11 is 0. The van der Waals surface area contributed by atoms with Gasteiger partial charge in [0.2, 0.25) is 15.9 Å². The molecule has 2 aromatic rings. The van der Waals surface area contributed by atoms with Gasteiger partial charge in [0, 0.05) is 37.0 Å². The molecule has 2 heterocycles. The van der Waals surface area contributed by atoms with Crippen LogP contribution in [0.25, 0.3) is 10.9 Å². The number of sulfonamides is 1. The summed E-state index contributed by atoms with van der Waals surface area (Å²) in [5.41, 5.74) is 2.04. The highest BCUT2D eigenvalue weighted by molar-refractivity contribution is 7.89. The Morgan fingerprint density at radius 3 is 2.83 bits per heavy atom. The predicted molar refractivity (Wildman–Crippen MR) is 88.1 cm³/mol. The van der Waals surface area contributed by atoms with E-state index in [2.05, 4.69) is 4.98 Å². The van der Waals surface area contributed by atoms with E-state index in [0.717, 1.165) is 16.5 Å². The van der Waals surface area contributed by atoms with Crippen LogP contribution in [0.2, 0.25) is 0 Å². The van der Waals surface area contributed by atoms with Gasteiger partial charge >= 0.3 is 0 Å². The first kappa shape index (κ1) is 15.9. The maximum atomic E-state index is 12.0. The van der Waals surface area contributed by atoms with Crippen molar-refractivity contribution in [3.05, 3.63) is 42.1 Å². The van der Waals surface area contributed by atoms with Crippen molar-refractivity contribution in [1.29, 1.82) is 0 Å². The van der Waals surface area contributed by atoms with Crippen LogP contribution in [0.4, 0.5) is 0 Å². The lowest BCUT2D eigenvalue weighted by atomic mass is 10.1. The molecule has 23 heavy (non-hydrogen) atoms. The molecule has 1 unspecified atom stereocenters. The van der Waals surface area contributed by atoms with Gasteiger partial charge in [0.1, 0.15) is 0 Å². The molecule has 1 atom stereocenters. The maximum Gasteiger partial charge on any atom is 0.222 e.